The van der Waals surface area contributed by atoms with Crippen LogP contribution in [-0.4, -0.2) is 26.0 Å². The highest BCUT2D eigenvalue weighted by molar-refractivity contribution is 5.97. The third kappa shape index (κ3) is 3.53. The van der Waals surface area contributed by atoms with Gasteiger partial charge in [0, 0.05) is 19.3 Å². The van der Waals surface area contributed by atoms with Gasteiger partial charge < -0.3 is 10.2 Å². The van der Waals surface area contributed by atoms with Crippen molar-refractivity contribution in [2.75, 3.05) is 25.0 Å². The van der Waals surface area contributed by atoms with Crippen LogP contribution in [0, 0.1) is 19.3 Å². The van der Waals surface area contributed by atoms with Crippen LogP contribution in [0.3, 0.4) is 0 Å². The second kappa shape index (κ2) is 6.59. The Labute approximate surface area is 128 Å². The first-order chi connectivity index (χ1) is 8.92. The summed E-state index contributed by atoms with van der Waals surface area (Å²) < 4.78 is 0. The second-order valence-electron chi connectivity index (χ2n) is 6.05. The molecular formula is C16H25ClN2O. The molecule has 0 aromatic heterocycles. The van der Waals surface area contributed by atoms with Gasteiger partial charge in [0.2, 0.25) is 5.91 Å². The molecular weight excluding hydrogens is 272 g/mol. The van der Waals surface area contributed by atoms with Crippen molar-refractivity contribution < 1.29 is 4.79 Å². The normalized spacial score (nSPS) is 22.0. The number of halogens is 1. The molecule has 1 heterocycles. The molecule has 1 saturated heterocycles. The number of rotatable bonds is 2. The van der Waals surface area contributed by atoms with Crippen molar-refractivity contribution in [3.05, 3.63) is 29.3 Å². The Hall–Kier alpha value is -1.06. The molecule has 4 heteroatoms. The molecule has 1 atom stereocenters. The Morgan fingerprint density at radius 3 is 2.35 bits per heavy atom. The zero-order valence-corrected chi connectivity index (χ0v) is 13.6. The number of carbonyl (C=O) groups excluding carboxylic acids is 1. The first-order valence-electron chi connectivity index (χ1n) is 6.99. The predicted molar refractivity (Wildman–Crippen MR) is 86.8 cm³/mol. The first-order valence-corrected chi connectivity index (χ1v) is 6.99. The zero-order chi connectivity index (χ0) is 14.0. The van der Waals surface area contributed by atoms with E-state index in [1.165, 1.54) is 11.1 Å². The maximum absolute atomic E-state index is 12.7. The van der Waals surface area contributed by atoms with Crippen LogP contribution in [0.1, 0.15) is 30.9 Å². The van der Waals surface area contributed by atoms with Crippen LogP contribution in [0.25, 0.3) is 0 Å². The molecule has 20 heavy (non-hydrogen) atoms. The Morgan fingerprint density at radius 2 is 1.85 bits per heavy atom. The standard InChI is InChI=1S/C16H24N2O.ClH/c1-12-8-13(2)10-14(9-12)18(4)15(19)16(3)6-5-7-17-11-16;/h8-10,17H,5-7,11H2,1-4H3;1H. The van der Waals surface area contributed by atoms with Crippen LogP contribution < -0.4 is 10.2 Å². The molecule has 1 aromatic rings. The lowest BCUT2D eigenvalue weighted by Gasteiger charge is -2.36. The van der Waals surface area contributed by atoms with Gasteiger partial charge in [-0.2, -0.15) is 0 Å². The van der Waals surface area contributed by atoms with Gasteiger partial charge in [0.1, 0.15) is 0 Å². The summed E-state index contributed by atoms with van der Waals surface area (Å²) in [5, 5.41) is 3.34. The van der Waals surface area contributed by atoms with Crippen molar-refractivity contribution in [1.82, 2.24) is 5.32 Å². The van der Waals surface area contributed by atoms with Crippen LogP contribution in [-0.2, 0) is 4.79 Å². The lowest BCUT2D eigenvalue weighted by atomic mass is 9.81. The zero-order valence-electron chi connectivity index (χ0n) is 12.8. The minimum absolute atomic E-state index is 0. The summed E-state index contributed by atoms with van der Waals surface area (Å²) in [6.07, 6.45) is 2.04. The maximum atomic E-state index is 12.7. The van der Waals surface area contributed by atoms with Gasteiger partial charge in [0.25, 0.3) is 0 Å². The van der Waals surface area contributed by atoms with Gasteiger partial charge in [-0.25, -0.2) is 0 Å². The highest BCUT2D eigenvalue weighted by Gasteiger charge is 2.37. The number of nitrogens with one attached hydrogen (secondary N) is 1. The summed E-state index contributed by atoms with van der Waals surface area (Å²) in [7, 11) is 1.89. The summed E-state index contributed by atoms with van der Waals surface area (Å²) in [5.74, 6) is 0.213. The van der Waals surface area contributed by atoms with E-state index in [0.717, 1.165) is 31.6 Å². The average molecular weight is 297 g/mol. The quantitative estimate of drug-likeness (QED) is 0.909. The molecule has 1 fully saturated rings. The van der Waals surface area contributed by atoms with Gasteiger partial charge in [-0.15, -0.1) is 12.4 Å². The molecule has 1 aliphatic rings. The van der Waals surface area contributed by atoms with Gasteiger partial charge >= 0.3 is 0 Å². The summed E-state index contributed by atoms with van der Waals surface area (Å²) in [6, 6.07) is 6.28. The summed E-state index contributed by atoms with van der Waals surface area (Å²) in [4.78, 5) is 14.5. The van der Waals surface area contributed by atoms with Crippen LogP contribution in [0.15, 0.2) is 18.2 Å². The topological polar surface area (TPSA) is 32.3 Å². The predicted octanol–water partition coefficient (Wildman–Crippen LogP) is 3.08. The van der Waals surface area contributed by atoms with E-state index in [1.807, 2.05) is 11.9 Å². The van der Waals surface area contributed by atoms with E-state index in [2.05, 4.69) is 44.3 Å². The van der Waals surface area contributed by atoms with Crippen molar-refractivity contribution in [2.24, 2.45) is 5.41 Å². The number of anilines is 1. The van der Waals surface area contributed by atoms with Crippen molar-refractivity contribution in [3.8, 4) is 0 Å². The number of hydrogen-bond donors (Lipinski definition) is 1. The van der Waals surface area contributed by atoms with Gasteiger partial charge in [0.05, 0.1) is 5.41 Å². The van der Waals surface area contributed by atoms with Gasteiger partial charge in [-0.1, -0.05) is 6.07 Å². The average Bonchev–Trinajstić information content (AvgIpc) is 2.36. The number of aryl methyl sites for hydroxylation is 2. The molecule has 0 spiro atoms. The van der Waals surface area contributed by atoms with Gasteiger partial charge in [-0.05, 0) is 63.4 Å². The molecule has 2 rings (SSSR count). The van der Waals surface area contributed by atoms with E-state index in [4.69, 9.17) is 0 Å². The van der Waals surface area contributed by atoms with E-state index in [-0.39, 0.29) is 23.7 Å². The molecule has 0 saturated carbocycles. The molecule has 1 aliphatic heterocycles. The summed E-state index contributed by atoms with van der Waals surface area (Å²) in [5.41, 5.74) is 3.11. The SMILES string of the molecule is Cc1cc(C)cc(N(C)C(=O)C2(C)CCCNC2)c1.Cl. The monoisotopic (exact) mass is 296 g/mol. The Bertz CT molecular complexity index is 461. The fraction of sp³-hybridized carbons (Fsp3) is 0.562. The van der Waals surface area contributed by atoms with Crippen LogP contribution >= 0.6 is 12.4 Å². The third-order valence-electron chi connectivity index (χ3n) is 4.01. The molecule has 0 radical (unpaired) electrons. The molecule has 1 unspecified atom stereocenters. The summed E-state index contributed by atoms with van der Waals surface area (Å²) in [6.45, 7) is 8.01. The van der Waals surface area contributed by atoms with Crippen LogP contribution in [0.5, 0.6) is 0 Å². The highest BCUT2D eigenvalue weighted by atomic mass is 35.5. The van der Waals surface area contributed by atoms with Crippen molar-refractivity contribution in [1.29, 1.82) is 0 Å². The Morgan fingerprint density at radius 1 is 1.25 bits per heavy atom. The van der Waals surface area contributed by atoms with E-state index >= 15 is 0 Å². The minimum atomic E-state index is -0.273. The third-order valence-corrected chi connectivity index (χ3v) is 4.01. The first kappa shape index (κ1) is 17.0. The minimum Gasteiger partial charge on any atom is -0.316 e. The fourth-order valence-corrected chi connectivity index (χ4v) is 2.91. The molecule has 1 aromatic carbocycles. The van der Waals surface area contributed by atoms with Crippen molar-refractivity contribution >= 4 is 24.0 Å². The fourth-order valence-electron chi connectivity index (χ4n) is 2.91. The van der Waals surface area contributed by atoms with E-state index < -0.39 is 0 Å². The number of nitrogens with zero attached hydrogens (tertiary/aromatic N) is 1. The number of hydrogen-bond acceptors (Lipinski definition) is 2. The van der Waals surface area contributed by atoms with Gasteiger partial charge in [-0.3, -0.25) is 4.79 Å². The number of benzene rings is 1. The molecule has 0 aliphatic carbocycles. The molecule has 3 nitrogen and oxygen atoms in total. The number of piperidine rings is 1. The number of amides is 1. The largest absolute Gasteiger partial charge is 0.316 e. The Kier molecular flexibility index (Phi) is 5.60. The molecule has 112 valence electrons. The highest BCUT2D eigenvalue weighted by Crippen LogP contribution is 2.30. The molecule has 1 amide bonds. The van der Waals surface area contributed by atoms with E-state index in [9.17, 15) is 4.79 Å². The van der Waals surface area contributed by atoms with Crippen molar-refractivity contribution in [3.63, 3.8) is 0 Å². The lowest BCUT2D eigenvalue weighted by molar-refractivity contribution is -0.128. The smallest absolute Gasteiger partial charge is 0.233 e. The number of carbonyl (C=O) groups is 1. The van der Waals surface area contributed by atoms with Crippen molar-refractivity contribution in [2.45, 2.75) is 33.6 Å². The van der Waals surface area contributed by atoms with E-state index in [1.54, 1.807) is 0 Å². The van der Waals surface area contributed by atoms with Gasteiger partial charge in [0.15, 0.2) is 0 Å². The lowest BCUT2D eigenvalue weighted by Crippen LogP contribution is -2.49. The summed E-state index contributed by atoms with van der Waals surface area (Å²) >= 11 is 0. The second-order valence-corrected chi connectivity index (χ2v) is 6.05. The van der Waals surface area contributed by atoms with Crippen LogP contribution in [0.4, 0.5) is 5.69 Å². The maximum Gasteiger partial charge on any atom is 0.233 e. The van der Waals surface area contributed by atoms with E-state index in [0.29, 0.717) is 0 Å². The Balaban J connectivity index is 0.00000200. The molecule has 0 bridgehead atoms. The molecule has 1 N–H and O–H groups in total. The van der Waals surface area contributed by atoms with Crippen LogP contribution in [0.2, 0.25) is 0 Å².